The number of halogens is 2. The highest BCUT2D eigenvalue weighted by Crippen LogP contribution is 2.22. The molecule has 2 rings (SSSR count). The van der Waals surface area contributed by atoms with Crippen molar-refractivity contribution in [3.8, 4) is 0 Å². The summed E-state index contributed by atoms with van der Waals surface area (Å²) < 4.78 is 0.573. The fourth-order valence-corrected chi connectivity index (χ4v) is 1.72. The zero-order chi connectivity index (χ0) is 13.1. The van der Waals surface area contributed by atoms with Crippen molar-refractivity contribution in [3.63, 3.8) is 0 Å². The van der Waals surface area contributed by atoms with Crippen LogP contribution in [0.4, 0.5) is 5.69 Å². The Morgan fingerprint density at radius 2 is 2.22 bits per heavy atom. The molecule has 5 nitrogen and oxygen atoms in total. The van der Waals surface area contributed by atoms with E-state index in [1.165, 1.54) is 24.4 Å². The van der Waals surface area contributed by atoms with Crippen molar-refractivity contribution in [1.82, 2.24) is 9.97 Å². The highest BCUT2D eigenvalue weighted by atomic mass is 79.9. The zero-order valence-corrected chi connectivity index (χ0v) is 11.2. The first kappa shape index (κ1) is 12.8. The quantitative estimate of drug-likeness (QED) is 0.832. The van der Waals surface area contributed by atoms with E-state index in [2.05, 4.69) is 31.2 Å². The van der Waals surface area contributed by atoms with Gasteiger partial charge in [-0.15, -0.1) is 0 Å². The molecule has 0 aliphatic carbocycles. The van der Waals surface area contributed by atoms with Crippen molar-refractivity contribution in [2.75, 3.05) is 5.32 Å². The molecule has 0 atom stereocenters. The lowest BCUT2D eigenvalue weighted by atomic mass is 10.3. The molecule has 2 aromatic heterocycles. The molecule has 2 aromatic rings. The van der Waals surface area contributed by atoms with Crippen molar-refractivity contribution in [2.24, 2.45) is 0 Å². The Balaban J connectivity index is 2.21. The van der Waals surface area contributed by atoms with Gasteiger partial charge < -0.3 is 10.3 Å². The fraction of sp³-hybridized carbons (Fsp3) is 0. The van der Waals surface area contributed by atoms with Gasteiger partial charge in [-0.05, 0) is 28.1 Å². The predicted molar refractivity (Wildman–Crippen MR) is 72.0 cm³/mol. The maximum absolute atomic E-state index is 11.8. The van der Waals surface area contributed by atoms with Gasteiger partial charge in [0.25, 0.3) is 5.91 Å². The first-order valence-electron chi connectivity index (χ1n) is 4.88. The Kier molecular flexibility index (Phi) is 3.78. The topological polar surface area (TPSA) is 74.8 Å². The van der Waals surface area contributed by atoms with Gasteiger partial charge in [0.1, 0.15) is 10.8 Å². The number of pyridine rings is 2. The lowest BCUT2D eigenvalue weighted by molar-refractivity contribution is 0.102. The van der Waals surface area contributed by atoms with E-state index in [1.54, 1.807) is 6.07 Å². The highest BCUT2D eigenvalue weighted by molar-refractivity contribution is 9.10. The van der Waals surface area contributed by atoms with Crippen LogP contribution in [-0.2, 0) is 0 Å². The first-order valence-corrected chi connectivity index (χ1v) is 6.05. The van der Waals surface area contributed by atoms with Gasteiger partial charge in [0.15, 0.2) is 0 Å². The number of carbonyl (C=O) groups is 1. The monoisotopic (exact) mass is 327 g/mol. The van der Waals surface area contributed by atoms with Crippen LogP contribution in [-0.4, -0.2) is 15.9 Å². The molecule has 0 aliphatic heterocycles. The molecule has 0 bridgehead atoms. The summed E-state index contributed by atoms with van der Waals surface area (Å²) in [5, 5.41) is 2.90. The maximum atomic E-state index is 11.8. The molecule has 0 unspecified atom stereocenters. The Bertz CT molecular complexity index is 657. The summed E-state index contributed by atoms with van der Waals surface area (Å²) in [6.07, 6.45) is 1.42. The molecule has 2 heterocycles. The molecule has 2 N–H and O–H groups in total. The molecule has 0 spiro atoms. The number of hydrogen-bond acceptors (Lipinski definition) is 3. The fourth-order valence-electron chi connectivity index (χ4n) is 1.27. The van der Waals surface area contributed by atoms with E-state index in [0.29, 0.717) is 15.3 Å². The van der Waals surface area contributed by atoms with Crippen LogP contribution in [0.3, 0.4) is 0 Å². The number of carbonyl (C=O) groups excluding carboxylic acids is 1. The Labute approximate surface area is 115 Å². The third-order valence-corrected chi connectivity index (χ3v) is 3.20. The molecule has 0 fully saturated rings. The Hall–Kier alpha value is -1.66. The van der Waals surface area contributed by atoms with Crippen molar-refractivity contribution in [2.45, 2.75) is 0 Å². The predicted octanol–water partition coefficient (Wildman–Crippen LogP) is 2.44. The Morgan fingerprint density at radius 3 is 2.89 bits per heavy atom. The van der Waals surface area contributed by atoms with Crippen molar-refractivity contribution >= 4 is 39.1 Å². The standard InChI is InChI=1S/C11H7BrClN3O2/c12-7-4-6(5-14-10(7)13)15-11(18)8-2-1-3-9(17)16-8/h1-5H,(H,15,18)(H,16,17). The summed E-state index contributed by atoms with van der Waals surface area (Å²) in [5.41, 5.74) is 0.313. The minimum atomic E-state index is -0.427. The maximum Gasteiger partial charge on any atom is 0.272 e. The number of aromatic amines is 1. The van der Waals surface area contributed by atoms with Gasteiger partial charge in [-0.3, -0.25) is 9.59 Å². The zero-order valence-electron chi connectivity index (χ0n) is 8.91. The smallest absolute Gasteiger partial charge is 0.272 e. The summed E-state index contributed by atoms with van der Waals surface area (Å²) in [5.74, 6) is -0.427. The van der Waals surface area contributed by atoms with Crippen LogP contribution in [0.5, 0.6) is 0 Å². The molecule has 92 valence electrons. The van der Waals surface area contributed by atoms with Crippen molar-refractivity contribution < 1.29 is 4.79 Å². The van der Waals surface area contributed by atoms with Gasteiger partial charge in [-0.2, -0.15) is 0 Å². The van der Waals surface area contributed by atoms with E-state index in [4.69, 9.17) is 11.6 Å². The molecule has 18 heavy (non-hydrogen) atoms. The molecule has 0 aromatic carbocycles. The number of anilines is 1. The van der Waals surface area contributed by atoms with Gasteiger partial charge in [0, 0.05) is 6.07 Å². The number of rotatable bonds is 2. The van der Waals surface area contributed by atoms with E-state index < -0.39 is 5.91 Å². The largest absolute Gasteiger partial charge is 0.319 e. The van der Waals surface area contributed by atoms with Crippen molar-refractivity contribution in [1.29, 1.82) is 0 Å². The summed E-state index contributed by atoms with van der Waals surface area (Å²) >= 11 is 8.94. The highest BCUT2D eigenvalue weighted by Gasteiger charge is 2.08. The number of amides is 1. The van der Waals surface area contributed by atoms with Crippen molar-refractivity contribution in [3.05, 3.63) is 56.1 Å². The van der Waals surface area contributed by atoms with Crippen LogP contribution in [0.25, 0.3) is 0 Å². The van der Waals surface area contributed by atoms with E-state index in [1.807, 2.05) is 0 Å². The van der Waals surface area contributed by atoms with E-state index >= 15 is 0 Å². The SMILES string of the molecule is O=C(Nc1cnc(Cl)c(Br)c1)c1cccc(=O)[nH]1. The Morgan fingerprint density at radius 1 is 1.44 bits per heavy atom. The van der Waals surface area contributed by atoms with Crippen LogP contribution < -0.4 is 10.9 Å². The van der Waals surface area contributed by atoms with Crippen LogP contribution in [0.15, 0.2) is 39.7 Å². The number of nitrogens with one attached hydrogen (secondary N) is 2. The molecule has 0 saturated heterocycles. The average molecular weight is 329 g/mol. The van der Waals surface area contributed by atoms with E-state index in [0.717, 1.165) is 0 Å². The number of hydrogen-bond donors (Lipinski definition) is 2. The molecule has 1 amide bonds. The summed E-state index contributed by atoms with van der Waals surface area (Å²) in [4.78, 5) is 29.2. The molecule has 0 saturated carbocycles. The van der Waals surface area contributed by atoms with Gasteiger partial charge in [0.05, 0.1) is 16.4 Å². The van der Waals surface area contributed by atoms with E-state index in [9.17, 15) is 9.59 Å². The summed E-state index contributed by atoms with van der Waals surface area (Å²) in [7, 11) is 0. The normalized spacial score (nSPS) is 10.1. The average Bonchev–Trinajstić information content (AvgIpc) is 2.34. The van der Waals surface area contributed by atoms with Gasteiger partial charge in [-0.25, -0.2) is 4.98 Å². The molecule has 7 heteroatoms. The molecule has 0 radical (unpaired) electrons. The third kappa shape index (κ3) is 2.96. The second-order valence-corrected chi connectivity index (χ2v) is 4.59. The number of H-pyrrole nitrogens is 1. The second-order valence-electron chi connectivity index (χ2n) is 3.38. The lowest BCUT2D eigenvalue weighted by Crippen LogP contribution is -2.17. The van der Waals surface area contributed by atoms with Crippen LogP contribution in [0, 0.1) is 0 Å². The van der Waals surface area contributed by atoms with Gasteiger partial charge in [-0.1, -0.05) is 17.7 Å². The molecular formula is C11H7BrClN3O2. The second kappa shape index (κ2) is 5.32. The number of aromatic nitrogens is 2. The third-order valence-electron chi connectivity index (χ3n) is 2.07. The minimum Gasteiger partial charge on any atom is -0.319 e. The number of nitrogens with zero attached hydrogens (tertiary/aromatic N) is 1. The summed E-state index contributed by atoms with van der Waals surface area (Å²) in [6.45, 7) is 0. The van der Waals surface area contributed by atoms with Crippen LogP contribution in [0.2, 0.25) is 5.15 Å². The first-order chi connectivity index (χ1) is 8.56. The molecular weight excluding hydrogens is 321 g/mol. The molecule has 0 aliphatic rings. The van der Waals surface area contributed by atoms with E-state index in [-0.39, 0.29) is 11.3 Å². The summed E-state index contributed by atoms with van der Waals surface area (Å²) in [6, 6.07) is 5.96. The van der Waals surface area contributed by atoms with Gasteiger partial charge >= 0.3 is 0 Å². The van der Waals surface area contributed by atoms with Crippen LogP contribution in [0.1, 0.15) is 10.5 Å². The minimum absolute atomic E-state index is 0.175. The van der Waals surface area contributed by atoms with Crippen LogP contribution >= 0.6 is 27.5 Å². The van der Waals surface area contributed by atoms with Gasteiger partial charge in [0.2, 0.25) is 5.56 Å². The lowest BCUT2D eigenvalue weighted by Gasteiger charge is -2.05.